The van der Waals surface area contributed by atoms with Gasteiger partial charge in [-0.15, -0.1) is 0 Å². The molecule has 3 heteroatoms. The third-order valence-corrected chi connectivity index (χ3v) is 3.51. The van der Waals surface area contributed by atoms with E-state index in [4.69, 9.17) is 0 Å². The van der Waals surface area contributed by atoms with Crippen LogP contribution in [0.1, 0.15) is 19.3 Å². The molecule has 0 amide bonds. The average molecular weight is 212 g/mol. The third-order valence-electron chi connectivity index (χ3n) is 2.14. The van der Waals surface area contributed by atoms with Crippen LogP contribution in [0.25, 0.3) is 0 Å². The standard InChI is InChI=1S/C7H10BrF2/c1-2-5(8)7(3-4-7)6(9)10/h5-6H,1-4H2. The summed E-state index contributed by atoms with van der Waals surface area (Å²) in [5, 5.41) is 0. The second-order valence-electron chi connectivity index (χ2n) is 2.79. The zero-order chi connectivity index (χ0) is 7.78. The van der Waals surface area contributed by atoms with E-state index in [1.165, 1.54) is 0 Å². The minimum absolute atomic E-state index is 0.0972. The van der Waals surface area contributed by atoms with Crippen LogP contribution in [0.2, 0.25) is 0 Å². The maximum Gasteiger partial charge on any atom is 0.245 e. The van der Waals surface area contributed by atoms with Crippen molar-refractivity contribution in [3.63, 3.8) is 0 Å². The lowest BCUT2D eigenvalue weighted by Crippen LogP contribution is -2.23. The van der Waals surface area contributed by atoms with Gasteiger partial charge in [-0.25, -0.2) is 8.78 Å². The molecule has 1 saturated carbocycles. The predicted molar refractivity (Wildman–Crippen MR) is 40.4 cm³/mol. The molecule has 0 aromatic carbocycles. The summed E-state index contributed by atoms with van der Waals surface area (Å²) >= 11 is 3.22. The van der Waals surface area contributed by atoms with E-state index in [1.807, 2.05) is 0 Å². The maximum atomic E-state index is 12.3. The van der Waals surface area contributed by atoms with E-state index in [0.717, 1.165) is 0 Å². The average Bonchev–Trinajstić information content (AvgIpc) is 2.65. The highest BCUT2D eigenvalue weighted by molar-refractivity contribution is 9.09. The molecular formula is C7H10BrF2. The quantitative estimate of drug-likeness (QED) is 0.630. The molecule has 0 heterocycles. The van der Waals surface area contributed by atoms with Gasteiger partial charge < -0.3 is 0 Å². The van der Waals surface area contributed by atoms with Gasteiger partial charge in [0.2, 0.25) is 6.43 Å². The van der Waals surface area contributed by atoms with Crippen LogP contribution in [0.3, 0.4) is 0 Å². The maximum absolute atomic E-state index is 12.3. The van der Waals surface area contributed by atoms with Crippen molar-refractivity contribution in [2.75, 3.05) is 0 Å². The van der Waals surface area contributed by atoms with Gasteiger partial charge in [0, 0.05) is 10.2 Å². The summed E-state index contributed by atoms with van der Waals surface area (Å²) < 4.78 is 24.5. The van der Waals surface area contributed by atoms with Crippen molar-refractivity contribution in [2.24, 2.45) is 5.41 Å². The molecule has 1 unspecified atom stereocenters. The molecule has 1 aliphatic carbocycles. The molecule has 0 spiro atoms. The summed E-state index contributed by atoms with van der Waals surface area (Å²) in [4.78, 5) is -0.0972. The molecule has 1 rings (SSSR count). The van der Waals surface area contributed by atoms with Gasteiger partial charge in [-0.3, -0.25) is 0 Å². The van der Waals surface area contributed by atoms with Gasteiger partial charge in [-0.05, 0) is 19.3 Å². The fourth-order valence-corrected chi connectivity index (χ4v) is 1.76. The zero-order valence-electron chi connectivity index (χ0n) is 5.62. The van der Waals surface area contributed by atoms with Gasteiger partial charge in [-0.2, -0.15) is 0 Å². The second kappa shape index (κ2) is 2.76. The molecule has 1 atom stereocenters. The Balaban J connectivity index is 2.51. The lowest BCUT2D eigenvalue weighted by Gasteiger charge is -2.18. The number of rotatable bonds is 3. The molecule has 0 saturated heterocycles. The minimum Gasteiger partial charge on any atom is -0.210 e. The van der Waals surface area contributed by atoms with E-state index >= 15 is 0 Å². The molecule has 1 aliphatic rings. The Kier molecular flexibility index (Phi) is 2.33. The smallest absolute Gasteiger partial charge is 0.210 e. The summed E-state index contributed by atoms with van der Waals surface area (Å²) in [5.41, 5.74) is -0.720. The van der Waals surface area contributed by atoms with E-state index in [2.05, 4.69) is 22.9 Å². The molecule has 10 heavy (non-hydrogen) atoms. The molecule has 0 nitrogen and oxygen atoms in total. The first kappa shape index (κ1) is 8.44. The van der Waals surface area contributed by atoms with Crippen LogP contribution in [0.15, 0.2) is 0 Å². The van der Waals surface area contributed by atoms with Gasteiger partial charge in [0.1, 0.15) is 0 Å². The van der Waals surface area contributed by atoms with Crippen molar-refractivity contribution in [3.05, 3.63) is 6.92 Å². The van der Waals surface area contributed by atoms with Gasteiger partial charge in [-0.1, -0.05) is 22.9 Å². The molecule has 1 fully saturated rings. The van der Waals surface area contributed by atoms with Crippen molar-refractivity contribution >= 4 is 15.9 Å². The molecular weight excluding hydrogens is 202 g/mol. The first-order valence-corrected chi connectivity index (χ1v) is 4.26. The summed E-state index contributed by atoms with van der Waals surface area (Å²) in [6, 6.07) is 0. The second-order valence-corrected chi connectivity index (χ2v) is 3.90. The van der Waals surface area contributed by atoms with Gasteiger partial charge in [0.25, 0.3) is 0 Å². The largest absolute Gasteiger partial charge is 0.245 e. The first-order chi connectivity index (χ1) is 4.63. The van der Waals surface area contributed by atoms with Crippen molar-refractivity contribution in [3.8, 4) is 0 Å². The molecule has 0 bridgehead atoms. The lowest BCUT2D eigenvalue weighted by molar-refractivity contribution is 0.0614. The monoisotopic (exact) mass is 211 g/mol. The third kappa shape index (κ3) is 1.20. The fourth-order valence-electron chi connectivity index (χ4n) is 1.10. The minimum atomic E-state index is -2.18. The van der Waals surface area contributed by atoms with E-state index in [9.17, 15) is 8.78 Å². The SMILES string of the molecule is [CH2]CC(Br)C1(C(F)F)CC1. The zero-order valence-corrected chi connectivity index (χ0v) is 7.20. The van der Waals surface area contributed by atoms with Gasteiger partial charge >= 0.3 is 0 Å². The Morgan fingerprint density at radius 1 is 1.50 bits per heavy atom. The van der Waals surface area contributed by atoms with Crippen LogP contribution in [-0.4, -0.2) is 11.3 Å². The lowest BCUT2D eigenvalue weighted by atomic mass is 10.0. The Morgan fingerprint density at radius 3 is 2.10 bits per heavy atom. The number of halogens is 3. The van der Waals surface area contributed by atoms with Crippen LogP contribution < -0.4 is 0 Å². The highest BCUT2D eigenvalue weighted by atomic mass is 79.9. The Bertz CT molecular complexity index is 121. The fraction of sp³-hybridized carbons (Fsp3) is 0.857. The van der Waals surface area contributed by atoms with E-state index in [0.29, 0.717) is 19.3 Å². The topological polar surface area (TPSA) is 0 Å². The van der Waals surface area contributed by atoms with Gasteiger partial charge in [0.05, 0.1) is 0 Å². The van der Waals surface area contributed by atoms with E-state index in [-0.39, 0.29) is 4.83 Å². The molecule has 0 aromatic heterocycles. The summed E-state index contributed by atoms with van der Waals surface area (Å²) in [6.07, 6.45) is -0.338. The molecule has 0 aliphatic heterocycles. The van der Waals surface area contributed by atoms with Crippen LogP contribution >= 0.6 is 15.9 Å². The molecule has 0 N–H and O–H groups in total. The predicted octanol–water partition coefficient (Wildman–Crippen LogP) is 3.02. The van der Waals surface area contributed by atoms with Crippen molar-refractivity contribution in [1.29, 1.82) is 0 Å². The summed E-state index contributed by atoms with van der Waals surface area (Å²) in [7, 11) is 0. The number of hydrogen-bond donors (Lipinski definition) is 0. The van der Waals surface area contributed by atoms with Crippen molar-refractivity contribution in [2.45, 2.75) is 30.5 Å². The van der Waals surface area contributed by atoms with Crippen LogP contribution in [-0.2, 0) is 0 Å². The van der Waals surface area contributed by atoms with Crippen molar-refractivity contribution < 1.29 is 8.78 Å². The highest BCUT2D eigenvalue weighted by Crippen LogP contribution is 2.56. The Labute approximate surface area is 68.1 Å². The van der Waals surface area contributed by atoms with Crippen LogP contribution in [0.4, 0.5) is 8.78 Å². The normalized spacial score (nSPS) is 24.9. The number of hydrogen-bond acceptors (Lipinski definition) is 0. The Hall–Kier alpha value is 0.340. The first-order valence-electron chi connectivity index (χ1n) is 3.35. The number of alkyl halides is 3. The van der Waals surface area contributed by atoms with Crippen LogP contribution in [0, 0.1) is 12.3 Å². The summed E-state index contributed by atoms with van der Waals surface area (Å²) in [6.45, 7) is 3.59. The molecule has 0 aromatic rings. The van der Waals surface area contributed by atoms with Gasteiger partial charge in [0.15, 0.2) is 0 Å². The van der Waals surface area contributed by atoms with E-state index < -0.39 is 11.8 Å². The summed E-state index contributed by atoms with van der Waals surface area (Å²) in [5.74, 6) is 0. The van der Waals surface area contributed by atoms with Crippen molar-refractivity contribution in [1.82, 2.24) is 0 Å². The molecule has 59 valence electrons. The van der Waals surface area contributed by atoms with Crippen LogP contribution in [0.5, 0.6) is 0 Å². The highest BCUT2D eigenvalue weighted by Gasteiger charge is 2.55. The van der Waals surface area contributed by atoms with E-state index in [1.54, 1.807) is 0 Å². The molecule has 1 radical (unpaired) electrons. The Morgan fingerprint density at radius 2 is 2.00 bits per heavy atom.